The first kappa shape index (κ1) is 12.9. The van der Waals surface area contributed by atoms with Gasteiger partial charge >= 0.3 is 0 Å². The molecule has 20 heavy (non-hydrogen) atoms. The summed E-state index contributed by atoms with van der Waals surface area (Å²) >= 11 is 0. The molecule has 1 heterocycles. The predicted octanol–water partition coefficient (Wildman–Crippen LogP) is 3.69. The summed E-state index contributed by atoms with van der Waals surface area (Å²) in [5, 5.41) is 0. The van der Waals surface area contributed by atoms with Gasteiger partial charge in [0, 0.05) is 11.1 Å². The molecule has 0 bridgehead atoms. The second kappa shape index (κ2) is 5.08. The molecule has 0 aromatic heterocycles. The van der Waals surface area contributed by atoms with Crippen molar-refractivity contribution >= 4 is 5.78 Å². The first-order chi connectivity index (χ1) is 9.63. The number of fused-ring (bicyclic) bond motifs is 1. The lowest BCUT2D eigenvalue weighted by Crippen LogP contribution is -2.10. The number of ketones is 1. The van der Waals surface area contributed by atoms with Gasteiger partial charge in [-0.25, -0.2) is 4.39 Å². The molecule has 2 nitrogen and oxygen atoms in total. The van der Waals surface area contributed by atoms with Crippen molar-refractivity contribution in [3.8, 4) is 5.75 Å². The summed E-state index contributed by atoms with van der Waals surface area (Å²) < 4.78 is 18.9. The van der Waals surface area contributed by atoms with E-state index in [1.165, 1.54) is 12.1 Å². The number of hydrogen-bond acceptors (Lipinski definition) is 2. The van der Waals surface area contributed by atoms with Gasteiger partial charge in [-0.2, -0.15) is 0 Å². The molecule has 0 unspecified atom stereocenters. The molecule has 102 valence electrons. The minimum Gasteiger partial charge on any atom is -0.493 e. The fourth-order valence-corrected chi connectivity index (χ4v) is 2.54. The van der Waals surface area contributed by atoms with Crippen molar-refractivity contribution < 1.29 is 13.9 Å². The summed E-state index contributed by atoms with van der Waals surface area (Å²) in [5.74, 6) is 0.318. The van der Waals surface area contributed by atoms with Crippen molar-refractivity contribution in [2.45, 2.75) is 19.8 Å². The van der Waals surface area contributed by atoms with Gasteiger partial charge in [0.15, 0.2) is 5.78 Å². The van der Waals surface area contributed by atoms with Crippen molar-refractivity contribution in [3.63, 3.8) is 0 Å². The van der Waals surface area contributed by atoms with Crippen molar-refractivity contribution in [2.24, 2.45) is 0 Å². The number of benzene rings is 2. The lowest BCUT2D eigenvalue weighted by molar-refractivity contribution is 0.103. The molecule has 1 aliphatic rings. The van der Waals surface area contributed by atoms with Crippen LogP contribution in [-0.4, -0.2) is 12.4 Å². The maximum absolute atomic E-state index is 13.4. The molecule has 0 saturated heterocycles. The zero-order chi connectivity index (χ0) is 14.1. The van der Waals surface area contributed by atoms with Crippen LogP contribution in [0.5, 0.6) is 5.75 Å². The maximum atomic E-state index is 13.4. The quantitative estimate of drug-likeness (QED) is 0.778. The SMILES string of the molecule is Cc1cc(F)cc(C(=O)c2ccc3c(c2)CCCO3)c1. The highest BCUT2D eigenvalue weighted by Gasteiger charge is 2.15. The molecule has 2 aromatic carbocycles. The molecule has 1 aliphatic heterocycles. The van der Waals surface area contributed by atoms with Gasteiger partial charge < -0.3 is 4.74 Å². The molecule has 3 rings (SSSR count). The molecule has 2 aromatic rings. The molecule has 0 amide bonds. The number of carbonyl (C=O) groups is 1. The van der Waals surface area contributed by atoms with Crippen LogP contribution in [0.4, 0.5) is 4.39 Å². The minimum absolute atomic E-state index is 0.152. The summed E-state index contributed by atoms with van der Waals surface area (Å²) in [7, 11) is 0. The van der Waals surface area contributed by atoms with Gasteiger partial charge in [-0.1, -0.05) is 0 Å². The van der Waals surface area contributed by atoms with Gasteiger partial charge in [0.1, 0.15) is 11.6 Å². The molecule has 0 fully saturated rings. The Bertz CT molecular complexity index is 656. The summed E-state index contributed by atoms with van der Waals surface area (Å²) in [4.78, 5) is 12.4. The zero-order valence-electron chi connectivity index (χ0n) is 11.3. The van der Waals surface area contributed by atoms with E-state index >= 15 is 0 Å². The number of halogens is 1. The topological polar surface area (TPSA) is 26.3 Å². The highest BCUT2D eigenvalue weighted by Crippen LogP contribution is 2.26. The Kier molecular flexibility index (Phi) is 3.26. The first-order valence-corrected chi connectivity index (χ1v) is 6.71. The Labute approximate surface area is 117 Å². The smallest absolute Gasteiger partial charge is 0.193 e. The van der Waals surface area contributed by atoms with Crippen LogP contribution in [0, 0.1) is 12.7 Å². The van der Waals surface area contributed by atoms with Crippen molar-refractivity contribution in [1.82, 2.24) is 0 Å². The molecule has 0 spiro atoms. The third kappa shape index (κ3) is 2.44. The Hall–Kier alpha value is -2.16. The molecular formula is C17H15FO2. The average Bonchev–Trinajstić information content (AvgIpc) is 2.45. The Morgan fingerprint density at radius 1 is 1.15 bits per heavy atom. The summed E-state index contributed by atoms with van der Waals surface area (Å²) in [6.07, 6.45) is 1.88. The van der Waals surface area contributed by atoms with E-state index in [9.17, 15) is 9.18 Å². The van der Waals surface area contributed by atoms with E-state index in [0.29, 0.717) is 11.1 Å². The van der Waals surface area contributed by atoms with Crippen molar-refractivity contribution in [3.05, 3.63) is 64.5 Å². The van der Waals surface area contributed by atoms with E-state index in [1.807, 2.05) is 12.1 Å². The number of carbonyl (C=O) groups excluding carboxylic acids is 1. The van der Waals surface area contributed by atoms with Crippen molar-refractivity contribution in [2.75, 3.05) is 6.61 Å². The van der Waals surface area contributed by atoms with Gasteiger partial charge in [0.05, 0.1) is 6.61 Å². The largest absolute Gasteiger partial charge is 0.493 e. The summed E-state index contributed by atoms with van der Waals surface area (Å²) in [5.41, 5.74) is 2.77. The van der Waals surface area contributed by atoms with Crippen LogP contribution < -0.4 is 4.74 Å². The summed E-state index contributed by atoms with van der Waals surface area (Å²) in [6, 6.07) is 9.84. The maximum Gasteiger partial charge on any atom is 0.193 e. The first-order valence-electron chi connectivity index (χ1n) is 6.71. The molecule has 0 saturated carbocycles. The van der Waals surface area contributed by atoms with E-state index in [0.717, 1.165) is 36.3 Å². The van der Waals surface area contributed by atoms with E-state index in [1.54, 1.807) is 19.1 Å². The molecule has 0 aliphatic carbocycles. The Morgan fingerprint density at radius 2 is 2.00 bits per heavy atom. The second-order valence-corrected chi connectivity index (χ2v) is 5.12. The Balaban J connectivity index is 1.97. The second-order valence-electron chi connectivity index (χ2n) is 5.12. The zero-order valence-corrected chi connectivity index (χ0v) is 11.3. The summed E-state index contributed by atoms with van der Waals surface area (Å²) in [6.45, 7) is 2.50. The molecule has 0 atom stereocenters. The predicted molar refractivity (Wildman–Crippen MR) is 74.8 cm³/mol. The fourth-order valence-electron chi connectivity index (χ4n) is 2.54. The van der Waals surface area contributed by atoms with E-state index in [-0.39, 0.29) is 11.6 Å². The van der Waals surface area contributed by atoms with Crippen LogP contribution in [0.25, 0.3) is 0 Å². The fraction of sp³-hybridized carbons (Fsp3) is 0.235. The van der Waals surface area contributed by atoms with Gasteiger partial charge in [0.25, 0.3) is 0 Å². The normalized spacial score (nSPS) is 13.5. The van der Waals surface area contributed by atoms with E-state index in [4.69, 9.17) is 4.74 Å². The third-order valence-corrected chi connectivity index (χ3v) is 3.48. The van der Waals surface area contributed by atoms with Crippen LogP contribution in [0.15, 0.2) is 36.4 Å². The lowest BCUT2D eigenvalue weighted by Gasteiger charge is -2.17. The van der Waals surface area contributed by atoms with E-state index < -0.39 is 0 Å². The standard InChI is InChI=1S/C17H15FO2/c1-11-7-14(10-15(18)8-11)17(19)13-4-5-16-12(9-13)3-2-6-20-16/h4-5,7-10H,2-3,6H2,1H3. The highest BCUT2D eigenvalue weighted by molar-refractivity contribution is 6.09. The number of rotatable bonds is 2. The highest BCUT2D eigenvalue weighted by atomic mass is 19.1. The van der Waals surface area contributed by atoms with Crippen LogP contribution >= 0.6 is 0 Å². The van der Waals surface area contributed by atoms with Gasteiger partial charge in [0.2, 0.25) is 0 Å². The van der Waals surface area contributed by atoms with Gasteiger partial charge in [-0.3, -0.25) is 4.79 Å². The van der Waals surface area contributed by atoms with Gasteiger partial charge in [-0.15, -0.1) is 0 Å². The Morgan fingerprint density at radius 3 is 2.80 bits per heavy atom. The van der Waals surface area contributed by atoms with Crippen molar-refractivity contribution in [1.29, 1.82) is 0 Å². The van der Waals surface area contributed by atoms with Crippen LogP contribution in [0.2, 0.25) is 0 Å². The van der Waals surface area contributed by atoms with Crippen LogP contribution in [0.3, 0.4) is 0 Å². The van der Waals surface area contributed by atoms with Gasteiger partial charge in [-0.05, 0) is 67.3 Å². The number of aryl methyl sites for hydroxylation is 2. The van der Waals surface area contributed by atoms with E-state index in [2.05, 4.69) is 0 Å². The number of hydrogen-bond donors (Lipinski definition) is 0. The molecule has 3 heteroatoms. The molecule has 0 radical (unpaired) electrons. The average molecular weight is 270 g/mol. The monoisotopic (exact) mass is 270 g/mol. The molecule has 0 N–H and O–H groups in total. The number of ether oxygens (including phenoxy) is 1. The third-order valence-electron chi connectivity index (χ3n) is 3.48. The minimum atomic E-state index is -0.380. The van der Waals surface area contributed by atoms with Crippen LogP contribution in [0.1, 0.15) is 33.5 Å². The molecular weight excluding hydrogens is 255 g/mol. The lowest BCUT2D eigenvalue weighted by atomic mass is 9.97. The van der Waals surface area contributed by atoms with Crippen LogP contribution in [-0.2, 0) is 6.42 Å².